The molecule has 1 aromatic rings. The summed E-state index contributed by atoms with van der Waals surface area (Å²) in [6.45, 7) is -0.312. The maximum Gasteiger partial charge on any atom is 0.387 e. The molecule has 0 bridgehead atoms. The van der Waals surface area contributed by atoms with E-state index in [9.17, 15) is 13.6 Å². The van der Waals surface area contributed by atoms with Gasteiger partial charge in [-0.05, 0) is 13.0 Å². The fraction of sp³-hybridized carbons (Fsp3) is 0.417. The Balaban J connectivity index is 2.30. The zero-order chi connectivity index (χ0) is 13.1. The topological polar surface area (TPSA) is 41.6 Å². The molecule has 18 heavy (non-hydrogen) atoms. The van der Waals surface area contributed by atoms with Gasteiger partial charge in [0.05, 0.1) is 6.54 Å². The Kier molecular flexibility index (Phi) is 3.76. The van der Waals surface area contributed by atoms with Crippen LogP contribution in [-0.2, 0) is 4.79 Å². The van der Waals surface area contributed by atoms with Crippen LogP contribution in [0.25, 0.3) is 0 Å². The molecule has 6 heteroatoms. The van der Waals surface area contributed by atoms with Gasteiger partial charge in [-0.15, -0.1) is 0 Å². The second-order valence-corrected chi connectivity index (χ2v) is 3.88. The number of hydrogen-bond donors (Lipinski definition) is 1. The van der Waals surface area contributed by atoms with Gasteiger partial charge >= 0.3 is 6.61 Å². The van der Waals surface area contributed by atoms with Crippen LogP contribution in [0.4, 0.5) is 8.78 Å². The summed E-state index contributed by atoms with van der Waals surface area (Å²) in [6, 6.07) is 6.50. The number of carbonyl (C=O) groups is 1. The van der Waals surface area contributed by atoms with Crippen molar-refractivity contribution in [1.29, 1.82) is 0 Å². The highest BCUT2D eigenvalue weighted by Gasteiger charge is 2.32. The Hall–Kier alpha value is -1.69. The quantitative estimate of drug-likeness (QED) is 0.892. The van der Waals surface area contributed by atoms with E-state index in [0.29, 0.717) is 12.1 Å². The van der Waals surface area contributed by atoms with E-state index in [4.69, 9.17) is 0 Å². The number of alkyl halides is 2. The monoisotopic (exact) mass is 256 g/mol. The summed E-state index contributed by atoms with van der Waals surface area (Å²) >= 11 is 0. The Morgan fingerprint density at radius 2 is 2.22 bits per heavy atom. The number of benzene rings is 1. The largest absolute Gasteiger partial charge is 0.434 e. The number of likely N-dealkylation sites (N-methyl/N-ethyl adjacent to an activating group) is 1. The van der Waals surface area contributed by atoms with Gasteiger partial charge in [0.1, 0.15) is 11.9 Å². The van der Waals surface area contributed by atoms with Gasteiger partial charge in [0.2, 0.25) is 5.91 Å². The highest BCUT2D eigenvalue weighted by molar-refractivity contribution is 5.81. The van der Waals surface area contributed by atoms with Crippen molar-refractivity contribution in [2.24, 2.45) is 0 Å². The Bertz CT molecular complexity index is 440. The highest BCUT2D eigenvalue weighted by atomic mass is 19.3. The molecule has 1 fully saturated rings. The molecule has 98 valence electrons. The molecule has 2 rings (SSSR count). The summed E-state index contributed by atoms with van der Waals surface area (Å²) in [4.78, 5) is 13.2. The highest BCUT2D eigenvalue weighted by Crippen LogP contribution is 2.30. The number of rotatable bonds is 4. The number of nitrogens with zero attached hydrogens (tertiary/aromatic N) is 1. The number of hydrogen-bond acceptors (Lipinski definition) is 3. The molecular weight excluding hydrogens is 242 g/mol. The number of nitrogens with one attached hydrogen (secondary N) is 1. The molecule has 0 radical (unpaired) electrons. The molecule has 1 amide bonds. The van der Waals surface area contributed by atoms with Crippen LogP contribution in [0.1, 0.15) is 18.7 Å². The van der Waals surface area contributed by atoms with Crippen molar-refractivity contribution in [3.63, 3.8) is 0 Å². The first-order valence-corrected chi connectivity index (χ1v) is 5.70. The summed E-state index contributed by atoms with van der Waals surface area (Å²) in [7, 11) is 0. The standard InChI is InChI=1S/C12H14F2N2O2/c1-2-16-10(17)7-15-11(16)8-5-3-4-6-9(8)18-12(13)14/h3-6,11-12,15H,2,7H2,1H3. The minimum atomic E-state index is -2.88. The molecular formula is C12H14F2N2O2. The minimum absolute atomic E-state index is 0.0469. The molecule has 0 aromatic heterocycles. The zero-order valence-electron chi connectivity index (χ0n) is 9.90. The lowest BCUT2D eigenvalue weighted by atomic mass is 10.1. The third kappa shape index (κ3) is 2.43. The van der Waals surface area contributed by atoms with E-state index in [0.717, 1.165) is 0 Å². The maximum absolute atomic E-state index is 12.3. The SMILES string of the molecule is CCN1C(=O)CNC1c1ccccc1OC(F)F. The van der Waals surface area contributed by atoms with E-state index < -0.39 is 12.8 Å². The lowest BCUT2D eigenvalue weighted by Crippen LogP contribution is -2.30. The fourth-order valence-electron chi connectivity index (χ4n) is 2.09. The van der Waals surface area contributed by atoms with Crippen LogP contribution in [-0.4, -0.2) is 30.5 Å². The lowest BCUT2D eigenvalue weighted by Gasteiger charge is -2.24. The van der Waals surface area contributed by atoms with Crippen molar-refractivity contribution in [2.75, 3.05) is 13.1 Å². The molecule has 0 aliphatic carbocycles. The normalized spacial score (nSPS) is 19.7. The summed E-state index contributed by atoms with van der Waals surface area (Å²) in [5, 5.41) is 2.99. The summed E-state index contributed by atoms with van der Waals surface area (Å²) in [5.74, 6) is 0.0486. The van der Waals surface area contributed by atoms with E-state index in [1.54, 1.807) is 23.1 Å². The summed E-state index contributed by atoms with van der Waals surface area (Å²) in [6.07, 6.45) is -0.405. The predicted octanol–water partition coefficient (Wildman–Crippen LogP) is 1.74. The van der Waals surface area contributed by atoms with Crippen LogP contribution in [0.2, 0.25) is 0 Å². The van der Waals surface area contributed by atoms with E-state index in [1.165, 1.54) is 6.07 Å². The molecule has 1 saturated heterocycles. The molecule has 1 aliphatic rings. The number of halogens is 2. The number of carbonyl (C=O) groups excluding carboxylic acids is 1. The maximum atomic E-state index is 12.3. The molecule has 4 nitrogen and oxygen atoms in total. The van der Waals surface area contributed by atoms with E-state index >= 15 is 0 Å². The average Bonchev–Trinajstić information content (AvgIpc) is 2.70. The molecule has 0 saturated carbocycles. The van der Waals surface area contributed by atoms with Crippen molar-refractivity contribution in [2.45, 2.75) is 19.7 Å². The summed E-state index contributed by atoms with van der Waals surface area (Å²) in [5.41, 5.74) is 0.547. The zero-order valence-corrected chi connectivity index (χ0v) is 9.90. The van der Waals surface area contributed by atoms with Gasteiger partial charge in [0, 0.05) is 12.1 Å². The first-order valence-electron chi connectivity index (χ1n) is 5.70. The second kappa shape index (κ2) is 5.30. The molecule has 0 spiro atoms. The Morgan fingerprint density at radius 3 is 2.89 bits per heavy atom. The minimum Gasteiger partial charge on any atom is -0.434 e. The molecule has 1 N–H and O–H groups in total. The van der Waals surface area contributed by atoms with Crippen molar-refractivity contribution in [3.05, 3.63) is 29.8 Å². The van der Waals surface area contributed by atoms with Gasteiger partial charge in [-0.3, -0.25) is 10.1 Å². The number of para-hydroxylation sites is 1. The van der Waals surface area contributed by atoms with Crippen LogP contribution in [0, 0.1) is 0 Å². The molecule has 1 aromatic carbocycles. The van der Waals surface area contributed by atoms with Gasteiger partial charge in [-0.2, -0.15) is 8.78 Å². The first kappa shape index (κ1) is 12.8. The molecule has 1 unspecified atom stereocenters. The van der Waals surface area contributed by atoms with Gasteiger partial charge in [-0.1, -0.05) is 18.2 Å². The molecule has 1 atom stereocenters. The smallest absolute Gasteiger partial charge is 0.387 e. The predicted molar refractivity (Wildman–Crippen MR) is 61.2 cm³/mol. The molecule has 1 aliphatic heterocycles. The van der Waals surface area contributed by atoms with Crippen LogP contribution in [0.15, 0.2) is 24.3 Å². The van der Waals surface area contributed by atoms with Crippen molar-refractivity contribution < 1.29 is 18.3 Å². The van der Waals surface area contributed by atoms with Crippen LogP contribution in [0.5, 0.6) is 5.75 Å². The van der Waals surface area contributed by atoms with Gasteiger partial charge in [0.25, 0.3) is 0 Å². The Morgan fingerprint density at radius 1 is 1.50 bits per heavy atom. The van der Waals surface area contributed by atoms with Crippen LogP contribution in [0.3, 0.4) is 0 Å². The van der Waals surface area contributed by atoms with Gasteiger partial charge in [-0.25, -0.2) is 0 Å². The second-order valence-electron chi connectivity index (χ2n) is 3.88. The van der Waals surface area contributed by atoms with Crippen LogP contribution < -0.4 is 10.1 Å². The Labute approximate surface area is 104 Å². The molecule has 1 heterocycles. The first-order chi connectivity index (χ1) is 8.63. The third-order valence-corrected chi connectivity index (χ3v) is 2.85. The van der Waals surface area contributed by atoms with Crippen molar-refractivity contribution >= 4 is 5.91 Å². The van der Waals surface area contributed by atoms with Crippen molar-refractivity contribution in [3.8, 4) is 5.75 Å². The number of ether oxygens (including phenoxy) is 1. The van der Waals surface area contributed by atoms with E-state index in [1.807, 2.05) is 6.92 Å². The van der Waals surface area contributed by atoms with Crippen LogP contribution >= 0.6 is 0 Å². The summed E-state index contributed by atoms with van der Waals surface area (Å²) < 4.78 is 29.1. The average molecular weight is 256 g/mol. The number of amides is 1. The fourth-order valence-corrected chi connectivity index (χ4v) is 2.09. The lowest BCUT2D eigenvalue weighted by molar-refractivity contribution is -0.127. The van der Waals surface area contributed by atoms with E-state index in [2.05, 4.69) is 10.1 Å². The van der Waals surface area contributed by atoms with Gasteiger partial charge in [0.15, 0.2) is 0 Å². The van der Waals surface area contributed by atoms with Gasteiger partial charge < -0.3 is 9.64 Å². The van der Waals surface area contributed by atoms with E-state index in [-0.39, 0.29) is 18.2 Å². The third-order valence-electron chi connectivity index (χ3n) is 2.85. The van der Waals surface area contributed by atoms with Crippen molar-refractivity contribution in [1.82, 2.24) is 10.2 Å².